The zero-order valence-corrected chi connectivity index (χ0v) is 13.1. The van der Waals surface area contributed by atoms with Crippen molar-refractivity contribution >= 4 is 6.03 Å². The van der Waals surface area contributed by atoms with E-state index in [9.17, 15) is 14.3 Å². The summed E-state index contributed by atoms with van der Waals surface area (Å²) in [5, 5.41) is 12.5. The number of carbonyl (C=O) groups excluding carboxylic acids is 1. The van der Waals surface area contributed by atoms with Crippen molar-refractivity contribution in [1.82, 2.24) is 10.2 Å². The van der Waals surface area contributed by atoms with Gasteiger partial charge in [-0.1, -0.05) is 19.1 Å². The summed E-state index contributed by atoms with van der Waals surface area (Å²) in [5.74, 6) is -0.249. The fraction of sp³-hybridized carbons (Fsp3) is 0.588. The Kier molecular flexibility index (Phi) is 5.77. The third-order valence-electron chi connectivity index (χ3n) is 4.64. The lowest BCUT2D eigenvalue weighted by Crippen LogP contribution is -2.51. The smallest absolute Gasteiger partial charge is 0.317 e. The van der Waals surface area contributed by atoms with Gasteiger partial charge in [-0.3, -0.25) is 0 Å². The number of urea groups is 1. The Morgan fingerprint density at radius 2 is 2.14 bits per heavy atom. The fourth-order valence-electron chi connectivity index (χ4n) is 2.99. The third kappa shape index (κ3) is 4.19. The van der Waals surface area contributed by atoms with Crippen molar-refractivity contribution in [3.05, 3.63) is 35.6 Å². The minimum absolute atomic E-state index is 0.0758. The number of nitrogens with zero attached hydrogens (tertiary/aromatic N) is 1. The van der Waals surface area contributed by atoms with Crippen molar-refractivity contribution in [1.29, 1.82) is 0 Å². The van der Waals surface area contributed by atoms with E-state index in [1.807, 2.05) is 0 Å². The van der Waals surface area contributed by atoms with Crippen LogP contribution in [0.4, 0.5) is 9.18 Å². The molecule has 0 aliphatic carbocycles. The molecular formula is C17H25FN2O2. The van der Waals surface area contributed by atoms with Crippen molar-refractivity contribution in [3.8, 4) is 0 Å². The summed E-state index contributed by atoms with van der Waals surface area (Å²) in [5.41, 5.74) is 0.852. The molecule has 5 heteroatoms. The number of hydrogen-bond acceptors (Lipinski definition) is 2. The molecule has 4 nitrogen and oxygen atoms in total. The van der Waals surface area contributed by atoms with Crippen LogP contribution in [0.15, 0.2) is 24.3 Å². The molecule has 1 aromatic carbocycles. The standard InChI is InChI=1S/C17H25FN2O2/c1-2-17(13-21)9-3-11-20(12-17)16(22)19-10-8-14-4-6-15(18)7-5-14/h4-7,21H,2-3,8-13H2,1H3,(H,19,22). The summed E-state index contributed by atoms with van der Waals surface area (Å²) in [4.78, 5) is 14.0. The van der Waals surface area contributed by atoms with Crippen molar-refractivity contribution in [2.75, 3.05) is 26.2 Å². The maximum atomic E-state index is 12.8. The molecule has 2 rings (SSSR count). The lowest BCUT2D eigenvalue weighted by molar-refractivity contribution is 0.0441. The van der Waals surface area contributed by atoms with Gasteiger partial charge in [-0.25, -0.2) is 9.18 Å². The number of likely N-dealkylation sites (tertiary alicyclic amines) is 1. The second-order valence-electron chi connectivity index (χ2n) is 6.15. The quantitative estimate of drug-likeness (QED) is 0.878. The minimum atomic E-state index is -0.249. The van der Waals surface area contributed by atoms with Crippen molar-refractivity contribution in [3.63, 3.8) is 0 Å². The van der Waals surface area contributed by atoms with E-state index in [-0.39, 0.29) is 23.9 Å². The zero-order valence-electron chi connectivity index (χ0n) is 13.1. The van der Waals surface area contributed by atoms with Crippen LogP contribution in [0.5, 0.6) is 0 Å². The van der Waals surface area contributed by atoms with Gasteiger partial charge in [-0.2, -0.15) is 0 Å². The molecule has 1 aliphatic heterocycles. The van der Waals surface area contributed by atoms with Gasteiger partial charge in [-0.05, 0) is 43.4 Å². The molecule has 1 saturated heterocycles. The average molecular weight is 308 g/mol. The van der Waals surface area contributed by atoms with E-state index in [1.54, 1.807) is 17.0 Å². The van der Waals surface area contributed by atoms with E-state index >= 15 is 0 Å². The largest absolute Gasteiger partial charge is 0.396 e. The summed E-state index contributed by atoms with van der Waals surface area (Å²) in [7, 11) is 0. The first kappa shape index (κ1) is 16.7. The van der Waals surface area contributed by atoms with Gasteiger partial charge in [0.15, 0.2) is 0 Å². The fourth-order valence-corrected chi connectivity index (χ4v) is 2.99. The van der Waals surface area contributed by atoms with E-state index < -0.39 is 0 Å². The molecule has 0 saturated carbocycles. The topological polar surface area (TPSA) is 52.6 Å². The van der Waals surface area contributed by atoms with E-state index in [1.165, 1.54) is 12.1 Å². The van der Waals surface area contributed by atoms with Crippen molar-refractivity contribution in [2.24, 2.45) is 5.41 Å². The van der Waals surface area contributed by atoms with Crippen LogP contribution in [0.25, 0.3) is 0 Å². The first-order valence-electron chi connectivity index (χ1n) is 7.97. The number of halogens is 1. The van der Waals surface area contributed by atoms with Gasteiger partial charge in [0.2, 0.25) is 0 Å². The number of piperidine rings is 1. The molecule has 2 N–H and O–H groups in total. The Bertz CT molecular complexity index is 486. The first-order valence-corrected chi connectivity index (χ1v) is 7.97. The molecule has 1 aromatic rings. The lowest BCUT2D eigenvalue weighted by Gasteiger charge is -2.41. The zero-order chi connectivity index (χ0) is 16.0. The summed E-state index contributed by atoms with van der Waals surface area (Å²) < 4.78 is 12.8. The summed E-state index contributed by atoms with van der Waals surface area (Å²) in [6.07, 6.45) is 3.46. The van der Waals surface area contributed by atoms with Crippen LogP contribution in [0.3, 0.4) is 0 Å². The Labute approximate surface area is 131 Å². The maximum Gasteiger partial charge on any atom is 0.317 e. The number of carbonyl (C=O) groups is 1. The number of rotatable bonds is 5. The number of aliphatic hydroxyl groups is 1. The normalized spacial score (nSPS) is 21.7. The molecule has 1 fully saturated rings. The average Bonchev–Trinajstić information content (AvgIpc) is 2.56. The van der Waals surface area contributed by atoms with Crippen LogP contribution in [0.1, 0.15) is 31.7 Å². The predicted octanol–water partition coefficient (Wildman–Crippen LogP) is 2.56. The van der Waals surface area contributed by atoms with Gasteiger partial charge in [0.1, 0.15) is 5.82 Å². The molecular weight excluding hydrogens is 283 g/mol. The summed E-state index contributed by atoms with van der Waals surface area (Å²) in [6.45, 7) is 4.07. The lowest BCUT2D eigenvalue weighted by atomic mass is 9.78. The second kappa shape index (κ2) is 7.58. The van der Waals surface area contributed by atoms with Gasteiger partial charge < -0.3 is 15.3 Å². The molecule has 0 aromatic heterocycles. The first-order chi connectivity index (χ1) is 10.6. The van der Waals surface area contributed by atoms with Crippen LogP contribution >= 0.6 is 0 Å². The van der Waals surface area contributed by atoms with Crippen LogP contribution in [0.2, 0.25) is 0 Å². The van der Waals surface area contributed by atoms with E-state index in [2.05, 4.69) is 12.2 Å². The van der Waals surface area contributed by atoms with Gasteiger partial charge in [0.05, 0.1) is 6.61 Å². The van der Waals surface area contributed by atoms with E-state index in [4.69, 9.17) is 0 Å². The van der Waals surface area contributed by atoms with Gasteiger partial charge in [0.25, 0.3) is 0 Å². The molecule has 1 heterocycles. The molecule has 122 valence electrons. The highest BCUT2D eigenvalue weighted by Gasteiger charge is 2.35. The number of aliphatic hydroxyl groups excluding tert-OH is 1. The molecule has 1 unspecified atom stereocenters. The van der Waals surface area contributed by atoms with Crippen LogP contribution in [-0.4, -0.2) is 42.3 Å². The summed E-state index contributed by atoms with van der Waals surface area (Å²) >= 11 is 0. The highest BCUT2D eigenvalue weighted by atomic mass is 19.1. The van der Waals surface area contributed by atoms with Gasteiger partial charge >= 0.3 is 6.03 Å². The van der Waals surface area contributed by atoms with E-state index in [0.717, 1.165) is 31.4 Å². The Balaban J connectivity index is 1.80. The molecule has 0 bridgehead atoms. The van der Waals surface area contributed by atoms with E-state index in [0.29, 0.717) is 19.5 Å². The van der Waals surface area contributed by atoms with Crippen LogP contribution in [0, 0.1) is 11.2 Å². The second-order valence-corrected chi connectivity index (χ2v) is 6.15. The molecule has 2 amide bonds. The SMILES string of the molecule is CCC1(CO)CCCN(C(=O)NCCc2ccc(F)cc2)C1. The molecule has 0 spiro atoms. The summed E-state index contributed by atoms with van der Waals surface area (Å²) in [6, 6.07) is 6.25. The van der Waals surface area contributed by atoms with Gasteiger partial charge in [0, 0.05) is 25.0 Å². The highest BCUT2D eigenvalue weighted by molar-refractivity contribution is 5.74. The predicted molar refractivity (Wildman–Crippen MR) is 84.1 cm³/mol. The number of amides is 2. The Morgan fingerprint density at radius 1 is 1.41 bits per heavy atom. The van der Waals surface area contributed by atoms with Crippen molar-refractivity contribution < 1.29 is 14.3 Å². The highest BCUT2D eigenvalue weighted by Crippen LogP contribution is 2.32. The molecule has 1 aliphatic rings. The Hall–Kier alpha value is -1.62. The molecule has 22 heavy (non-hydrogen) atoms. The number of nitrogens with one attached hydrogen (secondary N) is 1. The number of benzene rings is 1. The van der Waals surface area contributed by atoms with Crippen LogP contribution < -0.4 is 5.32 Å². The van der Waals surface area contributed by atoms with Crippen LogP contribution in [-0.2, 0) is 6.42 Å². The van der Waals surface area contributed by atoms with Crippen molar-refractivity contribution in [2.45, 2.75) is 32.6 Å². The minimum Gasteiger partial charge on any atom is -0.396 e. The maximum absolute atomic E-state index is 12.8. The monoisotopic (exact) mass is 308 g/mol. The molecule has 1 atom stereocenters. The van der Waals surface area contributed by atoms with Gasteiger partial charge in [-0.15, -0.1) is 0 Å². The third-order valence-corrected chi connectivity index (χ3v) is 4.64. The Morgan fingerprint density at radius 3 is 2.77 bits per heavy atom. The number of hydrogen-bond donors (Lipinski definition) is 2. The molecule has 0 radical (unpaired) electrons.